The smallest absolute Gasteiger partial charge is 0.319 e. The second-order valence-corrected chi connectivity index (χ2v) is 8.90. The maximum Gasteiger partial charge on any atom is 0.319 e. The number of nitrogens with zero attached hydrogens (tertiary/aromatic N) is 2. The predicted molar refractivity (Wildman–Crippen MR) is 103 cm³/mol. The summed E-state index contributed by atoms with van der Waals surface area (Å²) >= 11 is 0. The van der Waals surface area contributed by atoms with Gasteiger partial charge >= 0.3 is 6.03 Å². The molecule has 4 rings (SSSR count). The zero-order valence-electron chi connectivity index (χ0n) is 15.2. The Kier molecular flexibility index (Phi) is 5.29. The molecule has 2 saturated heterocycles. The van der Waals surface area contributed by atoms with Crippen LogP contribution in [0.5, 0.6) is 0 Å². The average Bonchev–Trinajstić information content (AvgIpc) is 3.05. The summed E-state index contributed by atoms with van der Waals surface area (Å²) in [6.45, 7) is 1.17. The molecule has 3 heterocycles. The SMILES string of the molecule is O=C(NCc1ccncc1)Nc1ccc(S(=O)(=O)N2CC3CCC(C2)O3)cc1. The molecule has 9 heteroatoms. The third-order valence-electron chi connectivity index (χ3n) is 4.96. The van der Waals surface area contributed by atoms with Gasteiger partial charge in [-0.25, -0.2) is 13.2 Å². The van der Waals surface area contributed by atoms with Crippen molar-refractivity contribution >= 4 is 21.7 Å². The fourth-order valence-corrected chi connectivity index (χ4v) is 4.99. The van der Waals surface area contributed by atoms with E-state index in [1.807, 2.05) is 12.1 Å². The van der Waals surface area contributed by atoms with Gasteiger partial charge < -0.3 is 15.4 Å². The summed E-state index contributed by atoms with van der Waals surface area (Å²) in [5, 5.41) is 5.44. The van der Waals surface area contributed by atoms with Gasteiger partial charge in [-0.2, -0.15) is 4.31 Å². The number of carbonyl (C=O) groups excluding carboxylic acids is 1. The highest BCUT2D eigenvalue weighted by atomic mass is 32.2. The molecule has 2 fully saturated rings. The minimum atomic E-state index is -3.56. The predicted octanol–water partition coefficient (Wildman–Crippen LogP) is 1.96. The Morgan fingerprint density at radius 3 is 2.36 bits per heavy atom. The zero-order valence-corrected chi connectivity index (χ0v) is 16.1. The molecule has 2 atom stereocenters. The van der Waals surface area contributed by atoms with Crippen LogP contribution in [0.25, 0.3) is 0 Å². The molecular weight excluding hydrogens is 380 g/mol. The molecule has 28 heavy (non-hydrogen) atoms. The molecule has 8 nitrogen and oxygen atoms in total. The van der Waals surface area contributed by atoms with E-state index in [-0.39, 0.29) is 23.1 Å². The van der Waals surface area contributed by atoms with Crippen molar-refractivity contribution in [3.05, 3.63) is 54.4 Å². The van der Waals surface area contributed by atoms with Crippen LogP contribution in [0.4, 0.5) is 10.5 Å². The fourth-order valence-electron chi connectivity index (χ4n) is 3.49. The first-order chi connectivity index (χ1) is 13.5. The Balaban J connectivity index is 1.36. The Hall–Kier alpha value is -2.49. The van der Waals surface area contributed by atoms with Gasteiger partial charge in [0, 0.05) is 37.7 Å². The van der Waals surface area contributed by atoms with Crippen LogP contribution >= 0.6 is 0 Å². The largest absolute Gasteiger partial charge is 0.372 e. The van der Waals surface area contributed by atoms with Crippen LogP contribution in [0.3, 0.4) is 0 Å². The normalized spacial score (nSPS) is 22.0. The highest BCUT2D eigenvalue weighted by molar-refractivity contribution is 7.89. The number of rotatable bonds is 5. The van der Waals surface area contributed by atoms with Crippen molar-refractivity contribution in [3.63, 3.8) is 0 Å². The van der Waals surface area contributed by atoms with E-state index < -0.39 is 10.0 Å². The molecule has 1 aromatic carbocycles. The summed E-state index contributed by atoms with van der Waals surface area (Å²) < 4.78 is 32.9. The Labute approximate surface area is 164 Å². The molecule has 0 aliphatic carbocycles. The van der Waals surface area contributed by atoms with E-state index in [1.54, 1.807) is 24.5 Å². The molecular formula is C19H22N4O4S. The topological polar surface area (TPSA) is 101 Å². The van der Waals surface area contributed by atoms with Crippen molar-refractivity contribution in [2.24, 2.45) is 0 Å². The number of amides is 2. The minimum absolute atomic E-state index is 0.00134. The third kappa shape index (κ3) is 4.16. The molecule has 2 amide bonds. The van der Waals surface area contributed by atoms with Crippen molar-refractivity contribution in [1.29, 1.82) is 0 Å². The number of ether oxygens (including phenoxy) is 1. The fraction of sp³-hybridized carbons (Fsp3) is 0.368. The highest BCUT2D eigenvalue weighted by Gasteiger charge is 2.39. The molecule has 2 bridgehead atoms. The van der Waals surface area contributed by atoms with Crippen LogP contribution < -0.4 is 10.6 Å². The minimum Gasteiger partial charge on any atom is -0.372 e. The van der Waals surface area contributed by atoms with Crippen molar-refractivity contribution in [3.8, 4) is 0 Å². The Morgan fingerprint density at radius 1 is 1.07 bits per heavy atom. The summed E-state index contributed by atoms with van der Waals surface area (Å²) in [6.07, 6.45) is 5.14. The number of sulfonamides is 1. The van der Waals surface area contributed by atoms with Gasteiger partial charge in [-0.1, -0.05) is 0 Å². The number of hydrogen-bond donors (Lipinski definition) is 2. The summed E-state index contributed by atoms with van der Waals surface area (Å²) in [6, 6.07) is 9.49. The van der Waals surface area contributed by atoms with Crippen molar-refractivity contribution in [2.45, 2.75) is 36.5 Å². The van der Waals surface area contributed by atoms with E-state index in [1.165, 1.54) is 16.4 Å². The number of urea groups is 1. The van der Waals surface area contributed by atoms with Gasteiger partial charge in [-0.3, -0.25) is 4.98 Å². The van der Waals surface area contributed by atoms with Crippen molar-refractivity contribution in [2.75, 3.05) is 18.4 Å². The zero-order chi connectivity index (χ0) is 19.6. The summed E-state index contributed by atoms with van der Waals surface area (Å²) in [5.41, 5.74) is 1.46. The molecule has 2 aromatic rings. The van der Waals surface area contributed by atoms with Gasteiger partial charge in [-0.05, 0) is 54.8 Å². The Bertz CT molecular complexity index is 922. The van der Waals surface area contributed by atoms with E-state index in [0.717, 1.165) is 18.4 Å². The molecule has 2 N–H and O–H groups in total. The van der Waals surface area contributed by atoms with Gasteiger partial charge in [0.2, 0.25) is 10.0 Å². The van der Waals surface area contributed by atoms with E-state index in [2.05, 4.69) is 15.6 Å². The number of carbonyl (C=O) groups is 1. The highest BCUT2D eigenvalue weighted by Crippen LogP contribution is 2.30. The number of morpholine rings is 1. The molecule has 0 spiro atoms. The lowest BCUT2D eigenvalue weighted by Crippen LogP contribution is -2.45. The summed E-state index contributed by atoms with van der Waals surface area (Å²) in [4.78, 5) is 16.2. The van der Waals surface area contributed by atoms with E-state index >= 15 is 0 Å². The molecule has 2 aliphatic rings. The summed E-state index contributed by atoms with van der Waals surface area (Å²) in [5.74, 6) is 0. The standard InChI is InChI=1S/C19H22N4O4S/c24-19(21-11-14-7-9-20-10-8-14)22-15-1-5-18(6-2-15)28(25,26)23-12-16-3-4-17(13-23)27-16/h1-2,5-10,16-17H,3-4,11-13H2,(H2,21,22,24). The third-order valence-corrected chi connectivity index (χ3v) is 6.81. The summed E-state index contributed by atoms with van der Waals surface area (Å²) in [7, 11) is -3.56. The number of nitrogens with one attached hydrogen (secondary N) is 2. The number of pyridine rings is 1. The first kappa shape index (κ1) is 18.9. The molecule has 0 saturated carbocycles. The first-order valence-corrected chi connectivity index (χ1v) is 10.6. The lowest BCUT2D eigenvalue weighted by Gasteiger charge is -2.31. The first-order valence-electron chi connectivity index (χ1n) is 9.20. The van der Waals surface area contributed by atoms with Crippen LogP contribution in [-0.2, 0) is 21.3 Å². The van der Waals surface area contributed by atoms with E-state index in [9.17, 15) is 13.2 Å². The van der Waals surface area contributed by atoms with Gasteiger partial charge in [0.05, 0.1) is 17.1 Å². The maximum absolute atomic E-state index is 12.9. The molecule has 2 unspecified atom stereocenters. The van der Waals surface area contributed by atoms with Gasteiger partial charge in [0.1, 0.15) is 0 Å². The second kappa shape index (κ2) is 7.86. The number of aromatic nitrogens is 1. The van der Waals surface area contributed by atoms with E-state index in [0.29, 0.717) is 25.3 Å². The van der Waals surface area contributed by atoms with Crippen LogP contribution in [0.15, 0.2) is 53.7 Å². The van der Waals surface area contributed by atoms with Crippen LogP contribution in [-0.4, -0.2) is 49.0 Å². The maximum atomic E-state index is 12.9. The monoisotopic (exact) mass is 402 g/mol. The van der Waals surface area contributed by atoms with Crippen molar-refractivity contribution in [1.82, 2.24) is 14.6 Å². The number of anilines is 1. The lowest BCUT2D eigenvalue weighted by molar-refractivity contribution is -0.0114. The van der Waals surface area contributed by atoms with Crippen LogP contribution in [0, 0.1) is 0 Å². The van der Waals surface area contributed by atoms with E-state index in [4.69, 9.17) is 4.74 Å². The average molecular weight is 402 g/mol. The number of fused-ring (bicyclic) bond motifs is 2. The Morgan fingerprint density at radius 2 is 1.71 bits per heavy atom. The van der Waals surface area contributed by atoms with Crippen LogP contribution in [0.2, 0.25) is 0 Å². The van der Waals surface area contributed by atoms with Crippen molar-refractivity contribution < 1.29 is 17.9 Å². The molecule has 1 aromatic heterocycles. The van der Waals surface area contributed by atoms with Gasteiger partial charge in [-0.15, -0.1) is 0 Å². The number of hydrogen-bond acceptors (Lipinski definition) is 5. The lowest BCUT2D eigenvalue weighted by atomic mass is 10.2. The molecule has 148 valence electrons. The molecule has 0 radical (unpaired) electrons. The number of benzene rings is 1. The molecule has 2 aliphatic heterocycles. The van der Waals surface area contributed by atoms with Gasteiger partial charge in [0.25, 0.3) is 0 Å². The van der Waals surface area contributed by atoms with Crippen LogP contribution in [0.1, 0.15) is 18.4 Å². The van der Waals surface area contributed by atoms with Gasteiger partial charge in [0.15, 0.2) is 0 Å². The second-order valence-electron chi connectivity index (χ2n) is 6.97. The quantitative estimate of drug-likeness (QED) is 0.796.